The summed E-state index contributed by atoms with van der Waals surface area (Å²) in [5, 5.41) is 0. The molecule has 0 aromatic heterocycles. The first-order valence-electron chi connectivity index (χ1n) is 5.88. The summed E-state index contributed by atoms with van der Waals surface area (Å²) < 4.78 is 5.95. The summed E-state index contributed by atoms with van der Waals surface area (Å²) in [6.45, 7) is 3.55. The van der Waals surface area contributed by atoms with E-state index in [-0.39, 0.29) is 11.6 Å². The second-order valence-electron chi connectivity index (χ2n) is 4.33. The highest BCUT2D eigenvalue weighted by molar-refractivity contribution is 5.75. The molecule has 88 valence electrons. The highest BCUT2D eigenvalue weighted by Crippen LogP contribution is 2.32. The Labute approximate surface area is 92.1 Å². The van der Waals surface area contributed by atoms with Crippen LogP contribution in [-0.4, -0.2) is 24.7 Å². The van der Waals surface area contributed by atoms with Crippen LogP contribution < -0.4 is 11.5 Å². The van der Waals surface area contributed by atoms with Gasteiger partial charge in [0.25, 0.3) is 0 Å². The summed E-state index contributed by atoms with van der Waals surface area (Å²) in [6, 6.07) is 0. The van der Waals surface area contributed by atoms with E-state index in [4.69, 9.17) is 16.2 Å². The Bertz CT molecular complexity index is 206. The third-order valence-corrected chi connectivity index (χ3v) is 2.93. The predicted octanol–water partition coefficient (Wildman–Crippen LogP) is 1.39. The van der Waals surface area contributed by atoms with E-state index >= 15 is 0 Å². The molecule has 0 spiro atoms. The second-order valence-corrected chi connectivity index (χ2v) is 4.33. The summed E-state index contributed by atoms with van der Waals surface area (Å²) in [7, 11) is 0. The molecular weight excluding hydrogens is 190 g/mol. The lowest BCUT2D eigenvalue weighted by atomic mass is 9.84. The largest absolute Gasteiger partial charge is 0.373 e. The number of rotatable bonds is 5. The molecule has 0 aromatic carbocycles. The van der Waals surface area contributed by atoms with Crippen LogP contribution >= 0.6 is 0 Å². The van der Waals surface area contributed by atoms with Crippen LogP contribution in [0.1, 0.15) is 45.4 Å². The zero-order chi connectivity index (χ0) is 11.1. The van der Waals surface area contributed by atoms with Gasteiger partial charge in [-0.25, -0.2) is 0 Å². The molecule has 0 saturated heterocycles. The molecule has 0 unspecified atom stereocenters. The molecule has 0 bridgehead atoms. The molecule has 0 radical (unpaired) electrons. The SMILES string of the molecule is CCCOC1(CN=C(N)N)CCCCC1. The zero-order valence-electron chi connectivity index (χ0n) is 9.67. The van der Waals surface area contributed by atoms with E-state index in [0.717, 1.165) is 25.9 Å². The molecule has 4 N–H and O–H groups in total. The number of ether oxygens (including phenoxy) is 1. The van der Waals surface area contributed by atoms with Crippen molar-refractivity contribution in [2.45, 2.75) is 51.0 Å². The van der Waals surface area contributed by atoms with Gasteiger partial charge in [0, 0.05) is 6.61 Å². The maximum atomic E-state index is 5.95. The van der Waals surface area contributed by atoms with Gasteiger partial charge in [-0.3, -0.25) is 4.99 Å². The van der Waals surface area contributed by atoms with E-state index < -0.39 is 0 Å². The fourth-order valence-corrected chi connectivity index (χ4v) is 2.10. The molecule has 1 saturated carbocycles. The highest BCUT2D eigenvalue weighted by atomic mass is 16.5. The number of guanidine groups is 1. The Kier molecular flexibility index (Phi) is 4.88. The number of hydrogen-bond acceptors (Lipinski definition) is 2. The quantitative estimate of drug-likeness (QED) is 0.535. The number of nitrogens with two attached hydrogens (primary N) is 2. The zero-order valence-corrected chi connectivity index (χ0v) is 9.67. The smallest absolute Gasteiger partial charge is 0.186 e. The molecule has 1 rings (SSSR count). The average Bonchev–Trinajstić information content (AvgIpc) is 2.25. The van der Waals surface area contributed by atoms with Gasteiger partial charge in [-0.05, 0) is 19.3 Å². The van der Waals surface area contributed by atoms with E-state index in [9.17, 15) is 0 Å². The van der Waals surface area contributed by atoms with E-state index in [1.54, 1.807) is 0 Å². The molecule has 1 aliphatic carbocycles. The van der Waals surface area contributed by atoms with E-state index in [1.807, 2.05) is 0 Å². The molecule has 4 nitrogen and oxygen atoms in total. The maximum absolute atomic E-state index is 5.95. The average molecular weight is 213 g/mol. The Morgan fingerprint density at radius 1 is 1.27 bits per heavy atom. The first kappa shape index (κ1) is 12.3. The first-order chi connectivity index (χ1) is 7.18. The van der Waals surface area contributed by atoms with Crippen molar-refractivity contribution in [1.82, 2.24) is 0 Å². The van der Waals surface area contributed by atoms with E-state index in [1.165, 1.54) is 19.3 Å². The third kappa shape index (κ3) is 4.08. The maximum Gasteiger partial charge on any atom is 0.186 e. The van der Waals surface area contributed by atoms with Crippen LogP contribution in [0.25, 0.3) is 0 Å². The molecule has 4 heteroatoms. The Balaban J connectivity index is 2.53. The minimum absolute atomic E-state index is 0.0851. The summed E-state index contributed by atoms with van der Waals surface area (Å²) in [6.07, 6.45) is 6.98. The van der Waals surface area contributed by atoms with Crippen LogP contribution in [0, 0.1) is 0 Å². The monoisotopic (exact) mass is 213 g/mol. The van der Waals surface area contributed by atoms with Crippen molar-refractivity contribution in [3.63, 3.8) is 0 Å². The normalized spacial score (nSPS) is 19.8. The summed E-state index contributed by atoms with van der Waals surface area (Å²) in [5.41, 5.74) is 10.7. The van der Waals surface area contributed by atoms with Crippen LogP contribution in [0.4, 0.5) is 0 Å². The van der Waals surface area contributed by atoms with Crippen LogP contribution in [0.5, 0.6) is 0 Å². The van der Waals surface area contributed by atoms with Gasteiger partial charge in [0.1, 0.15) is 0 Å². The summed E-state index contributed by atoms with van der Waals surface area (Å²) in [4.78, 5) is 4.12. The highest BCUT2D eigenvalue weighted by Gasteiger charge is 2.32. The molecule has 0 aromatic rings. The fraction of sp³-hybridized carbons (Fsp3) is 0.909. The van der Waals surface area contributed by atoms with Crippen LogP contribution in [0.2, 0.25) is 0 Å². The van der Waals surface area contributed by atoms with Gasteiger partial charge in [-0.2, -0.15) is 0 Å². The number of aliphatic imine (C=N–C) groups is 1. The molecule has 0 amide bonds. The lowest BCUT2D eigenvalue weighted by Gasteiger charge is -2.36. The third-order valence-electron chi connectivity index (χ3n) is 2.93. The summed E-state index contributed by atoms with van der Waals surface area (Å²) >= 11 is 0. The Hall–Kier alpha value is -0.770. The Morgan fingerprint density at radius 3 is 2.47 bits per heavy atom. The van der Waals surface area contributed by atoms with Crippen LogP contribution in [0.15, 0.2) is 4.99 Å². The molecule has 15 heavy (non-hydrogen) atoms. The fourth-order valence-electron chi connectivity index (χ4n) is 2.10. The Morgan fingerprint density at radius 2 is 1.93 bits per heavy atom. The minimum Gasteiger partial charge on any atom is -0.373 e. The minimum atomic E-state index is -0.0851. The topological polar surface area (TPSA) is 73.6 Å². The van der Waals surface area contributed by atoms with Gasteiger partial charge >= 0.3 is 0 Å². The van der Waals surface area contributed by atoms with Crippen molar-refractivity contribution < 1.29 is 4.74 Å². The van der Waals surface area contributed by atoms with Crippen LogP contribution in [-0.2, 0) is 4.74 Å². The second kappa shape index (κ2) is 5.95. The lowest BCUT2D eigenvalue weighted by Crippen LogP contribution is -2.40. The van der Waals surface area contributed by atoms with Gasteiger partial charge in [0.15, 0.2) is 5.96 Å². The number of nitrogens with zero attached hydrogens (tertiary/aromatic N) is 1. The molecular formula is C11H23N3O. The van der Waals surface area contributed by atoms with Crippen molar-refractivity contribution in [2.75, 3.05) is 13.2 Å². The molecule has 0 heterocycles. The molecule has 0 atom stereocenters. The molecule has 1 fully saturated rings. The van der Waals surface area contributed by atoms with E-state index in [0.29, 0.717) is 6.54 Å². The molecule has 0 aliphatic heterocycles. The van der Waals surface area contributed by atoms with Crippen molar-refractivity contribution in [1.29, 1.82) is 0 Å². The first-order valence-corrected chi connectivity index (χ1v) is 5.88. The molecule has 1 aliphatic rings. The van der Waals surface area contributed by atoms with Gasteiger partial charge < -0.3 is 16.2 Å². The lowest BCUT2D eigenvalue weighted by molar-refractivity contribution is -0.0624. The van der Waals surface area contributed by atoms with Gasteiger partial charge in [-0.1, -0.05) is 26.2 Å². The number of hydrogen-bond donors (Lipinski definition) is 2. The predicted molar refractivity (Wildman–Crippen MR) is 62.7 cm³/mol. The van der Waals surface area contributed by atoms with Crippen molar-refractivity contribution in [3.05, 3.63) is 0 Å². The van der Waals surface area contributed by atoms with Crippen molar-refractivity contribution >= 4 is 5.96 Å². The van der Waals surface area contributed by atoms with Crippen molar-refractivity contribution in [2.24, 2.45) is 16.5 Å². The summed E-state index contributed by atoms with van der Waals surface area (Å²) in [5.74, 6) is 0.167. The van der Waals surface area contributed by atoms with Gasteiger partial charge in [-0.15, -0.1) is 0 Å². The van der Waals surface area contributed by atoms with Gasteiger partial charge in [0.05, 0.1) is 12.1 Å². The van der Waals surface area contributed by atoms with Gasteiger partial charge in [0.2, 0.25) is 0 Å². The standard InChI is InChI=1S/C11H23N3O/c1-2-8-15-11(9-14-10(12)13)6-4-3-5-7-11/h2-9H2,1H3,(H4,12,13,14). The van der Waals surface area contributed by atoms with Crippen molar-refractivity contribution in [3.8, 4) is 0 Å². The van der Waals surface area contributed by atoms with Crippen LogP contribution in [0.3, 0.4) is 0 Å². The van der Waals surface area contributed by atoms with E-state index in [2.05, 4.69) is 11.9 Å².